The molecule has 5 amide bonds. The molecule has 0 saturated heterocycles. The van der Waals surface area contributed by atoms with Crippen LogP contribution in [-0.2, 0) is 33.6 Å². The summed E-state index contributed by atoms with van der Waals surface area (Å²) in [6, 6.07) is -6.02. The first kappa shape index (κ1) is 31.2. The van der Waals surface area contributed by atoms with Gasteiger partial charge in [-0.2, -0.15) is 0 Å². The lowest BCUT2D eigenvalue weighted by Gasteiger charge is -2.24. The molecule has 16 nitrogen and oxygen atoms in total. The number of amides is 5. The van der Waals surface area contributed by atoms with Gasteiger partial charge in [-0.05, 0) is 32.2 Å². The van der Waals surface area contributed by atoms with Crippen LogP contribution in [0.5, 0.6) is 0 Å². The number of aliphatic carboxylic acids is 2. The molecule has 4 atom stereocenters. The summed E-state index contributed by atoms with van der Waals surface area (Å²) in [6.07, 6.45) is -1.16. The average Bonchev–Trinajstić information content (AvgIpc) is 2.74. The van der Waals surface area contributed by atoms with E-state index in [1.165, 1.54) is 0 Å². The number of nitrogens with one attached hydrogen (secondary N) is 3. The molecule has 16 heteroatoms. The van der Waals surface area contributed by atoms with Crippen molar-refractivity contribution in [2.45, 2.75) is 69.1 Å². The molecule has 0 spiro atoms. The van der Waals surface area contributed by atoms with Crippen LogP contribution in [-0.4, -0.2) is 82.4 Å². The zero-order valence-corrected chi connectivity index (χ0v) is 19.0. The highest BCUT2D eigenvalue weighted by Gasteiger charge is 2.32. The smallest absolute Gasteiger partial charge is 0.326 e. The molecular formula is C19H33N7O9. The third-order valence-electron chi connectivity index (χ3n) is 4.65. The number of hydrogen-bond donors (Lipinski definition) is 9. The fourth-order valence-electron chi connectivity index (χ4n) is 2.80. The van der Waals surface area contributed by atoms with E-state index in [0.29, 0.717) is 19.4 Å². The molecule has 0 aromatic rings. The molecular weight excluding hydrogens is 470 g/mol. The van der Waals surface area contributed by atoms with E-state index in [2.05, 4.69) is 16.0 Å². The molecule has 0 radical (unpaired) electrons. The van der Waals surface area contributed by atoms with Crippen molar-refractivity contribution in [2.75, 3.05) is 6.54 Å². The maximum absolute atomic E-state index is 12.7. The largest absolute Gasteiger partial charge is 0.481 e. The molecule has 13 N–H and O–H groups in total. The zero-order valence-electron chi connectivity index (χ0n) is 19.0. The Morgan fingerprint density at radius 2 is 1.20 bits per heavy atom. The number of carbonyl (C=O) groups excluding carboxylic acids is 5. The standard InChI is InChI=1S/C19H33N7O9/c20-6-2-1-3-10(19(34)35)24-17(32)11(7-14(23)28)26-18(33)12(8-15(29)30)25-16(31)9(21)4-5-13(22)27/h9-12H,1-8,20-21H2,(H2,22,27)(H2,23,28)(H,24,32)(H,25,31)(H,26,33)(H,29,30)(H,34,35). The van der Waals surface area contributed by atoms with E-state index in [0.717, 1.165) is 0 Å². The maximum Gasteiger partial charge on any atom is 0.326 e. The van der Waals surface area contributed by atoms with E-state index < -0.39 is 78.5 Å². The van der Waals surface area contributed by atoms with Gasteiger partial charge in [-0.15, -0.1) is 0 Å². The van der Waals surface area contributed by atoms with E-state index in [1.54, 1.807) is 0 Å². The van der Waals surface area contributed by atoms with Gasteiger partial charge in [-0.1, -0.05) is 0 Å². The molecule has 0 aromatic heterocycles. The van der Waals surface area contributed by atoms with Crippen molar-refractivity contribution >= 4 is 41.5 Å². The Morgan fingerprint density at radius 1 is 0.686 bits per heavy atom. The Balaban J connectivity index is 5.47. The van der Waals surface area contributed by atoms with Gasteiger partial charge in [0, 0.05) is 6.42 Å². The topological polar surface area (TPSA) is 300 Å². The molecule has 0 bridgehead atoms. The maximum atomic E-state index is 12.7. The van der Waals surface area contributed by atoms with Crippen LogP contribution in [0.4, 0.5) is 0 Å². The normalized spacial score (nSPS) is 14.0. The summed E-state index contributed by atoms with van der Waals surface area (Å²) in [4.78, 5) is 82.3. The van der Waals surface area contributed by atoms with E-state index in [9.17, 15) is 38.7 Å². The van der Waals surface area contributed by atoms with Gasteiger partial charge in [-0.25, -0.2) is 4.79 Å². The summed E-state index contributed by atoms with van der Waals surface area (Å²) in [6.45, 7) is 0.309. The summed E-state index contributed by atoms with van der Waals surface area (Å²) in [5.41, 5.74) is 21.1. The second-order valence-electron chi connectivity index (χ2n) is 7.69. The minimum Gasteiger partial charge on any atom is -0.481 e. The van der Waals surface area contributed by atoms with Crippen LogP contribution in [0.15, 0.2) is 0 Å². The molecule has 198 valence electrons. The first-order valence-electron chi connectivity index (χ1n) is 10.7. The molecule has 0 rings (SSSR count). The monoisotopic (exact) mass is 503 g/mol. The second kappa shape index (κ2) is 15.9. The first-order valence-corrected chi connectivity index (χ1v) is 10.7. The van der Waals surface area contributed by atoms with E-state index >= 15 is 0 Å². The predicted molar refractivity (Wildman–Crippen MR) is 119 cm³/mol. The number of rotatable bonds is 18. The molecule has 0 aliphatic heterocycles. The summed E-state index contributed by atoms with van der Waals surface area (Å²) in [5, 5.41) is 24.8. The lowest BCUT2D eigenvalue weighted by Crippen LogP contribution is -2.58. The average molecular weight is 504 g/mol. The summed E-state index contributed by atoms with van der Waals surface area (Å²) < 4.78 is 0. The quantitative estimate of drug-likeness (QED) is 0.0804. The van der Waals surface area contributed by atoms with Crippen molar-refractivity contribution < 1.29 is 43.8 Å². The zero-order chi connectivity index (χ0) is 27.1. The molecule has 0 aromatic carbocycles. The Morgan fingerprint density at radius 3 is 1.66 bits per heavy atom. The number of unbranched alkanes of at least 4 members (excludes halogenated alkanes) is 1. The third kappa shape index (κ3) is 13.5. The summed E-state index contributed by atoms with van der Waals surface area (Å²) in [7, 11) is 0. The Labute approximate surface area is 200 Å². The number of carboxylic acid groups (broad SMARTS) is 2. The van der Waals surface area contributed by atoms with Crippen LogP contribution in [0.3, 0.4) is 0 Å². The molecule has 0 saturated carbocycles. The van der Waals surface area contributed by atoms with Gasteiger partial charge in [0.1, 0.15) is 18.1 Å². The van der Waals surface area contributed by atoms with Crippen LogP contribution in [0.2, 0.25) is 0 Å². The highest BCUT2D eigenvalue weighted by Crippen LogP contribution is 2.04. The fourth-order valence-corrected chi connectivity index (χ4v) is 2.80. The molecule has 0 fully saturated rings. The van der Waals surface area contributed by atoms with Gasteiger partial charge in [-0.3, -0.25) is 28.8 Å². The van der Waals surface area contributed by atoms with Gasteiger partial charge in [0.05, 0.1) is 18.9 Å². The van der Waals surface area contributed by atoms with Crippen molar-refractivity contribution in [1.29, 1.82) is 0 Å². The van der Waals surface area contributed by atoms with Gasteiger partial charge in [0.25, 0.3) is 0 Å². The van der Waals surface area contributed by atoms with Crippen molar-refractivity contribution in [1.82, 2.24) is 16.0 Å². The first-order chi connectivity index (χ1) is 16.3. The Hall–Kier alpha value is -3.79. The predicted octanol–water partition coefficient (Wildman–Crippen LogP) is -4.40. The minimum absolute atomic E-state index is 0.0242. The molecule has 35 heavy (non-hydrogen) atoms. The van der Waals surface area contributed by atoms with Crippen LogP contribution in [0.1, 0.15) is 44.9 Å². The molecule has 0 aliphatic rings. The van der Waals surface area contributed by atoms with Crippen LogP contribution >= 0.6 is 0 Å². The summed E-state index contributed by atoms with van der Waals surface area (Å²) in [5.74, 6) is -7.79. The fraction of sp³-hybridized carbons (Fsp3) is 0.632. The van der Waals surface area contributed by atoms with Crippen LogP contribution < -0.4 is 38.9 Å². The van der Waals surface area contributed by atoms with E-state index in [1.807, 2.05) is 0 Å². The Bertz CT molecular complexity index is 806. The highest BCUT2D eigenvalue weighted by molar-refractivity contribution is 5.97. The summed E-state index contributed by atoms with van der Waals surface area (Å²) >= 11 is 0. The van der Waals surface area contributed by atoms with E-state index in [-0.39, 0.29) is 19.3 Å². The highest BCUT2D eigenvalue weighted by atomic mass is 16.4. The van der Waals surface area contributed by atoms with Crippen molar-refractivity contribution in [3.63, 3.8) is 0 Å². The number of nitrogens with two attached hydrogens (primary N) is 4. The Kier molecular flexibility index (Phi) is 14.2. The van der Waals surface area contributed by atoms with Crippen molar-refractivity contribution in [3.8, 4) is 0 Å². The van der Waals surface area contributed by atoms with Crippen molar-refractivity contribution in [2.24, 2.45) is 22.9 Å². The number of carboxylic acids is 2. The number of primary amides is 2. The second-order valence-corrected chi connectivity index (χ2v) is 7.69. The van der Waals surface area contributed by atoms with E-state index in [4.69, 9.17) is 28.0 Å². The van der Waals surface area contributed by atoms with Gasteiger partial charge >= 0.3 is 11.9 Å². The molecule has 4 unspecified atom stereocenters. The molecule has 0 aliphatic carbocycles. The van der Waals surface area contributed by atoms with Gasteiger partial charge < -0.3 is 49.1 Å². The SMILES string of the molecule is NCCCCC(NC(=O)C(CC(N)=O)NC(=O)C(CC(=O)O)NC(=O)C(N)CCC(N)=O)C(=O)O. The van der Waals surface area contributed by atoms with Crippen molar-refractivity contribution in [3.05, 3.63) is 0 Å². The lowest BCUT2D eigenvalue weighted by atomic mass is 10.1. The third-order valence-corrected chi connectivity index (χ3v) is 4.65. The van der Waals surface area contributed by atoms with Crippen LogP contribution in [0.25, 0.3) is 0 Å². The van der Waals surface area contributed by atoms with Gasteiger partial charge in [0.2, 0.25) is 29.5 Å². The van der Waals surface area contributed by atoms with Crippen LogP contribution in [0, 0.1) is 0 Å². The number of carbonyl (C=O) groups is 7. The molecule has 0 heterocycles. The van der Waals surface area contributed by atoms with Gasteiger partial charge in [0.15, 0.2) is 0 Å². The lowest BCUT2D eigenvalue weighted by molar-refractivity contribution is -0.143. The number of hydrogen-bond acceptors (Lipinski definition) is 9. The minimum atomic E-state index is -1.72.